The molecule has 156 valence electrons. The quantitative estimate of drug-likeness (QED) is 0.605. The molecular weight excluding hydrogens is 396 g/mol. The van der Waals surface area contributed by atoms with Crippen LogP contribution in [0.15, 0.2) is 33.9 Å². The van der Waals surface area contributed by atoms with E-state index in [0.29, 0.717) is 35.2 Å². The molecule has 0 amide bonds. The summed E-state index contributed by atoms with van der Waals surface area (Å²) in [4.78, 5) is 30.2. The van der Waals surface area contributed by atoms with Crippen molar-refractivity contribution in [2.45, 2.75) is 39.8 Å². The summed E-state index contributed by atoms with van der Waals surface area (Å²) in [6, 6.07) is 7.13. The molecule has 0 bridgehead atoms. The monoisotopic (exact) mass is 420 g/mol. The molecule has 0 atom stereocenters. The lowest BCUT2D eigenvalue weighted by Gasteiger charge is -2.12. The highest BCUT2D eigenvalue weighted by atomic mass is 35.5. The SMILES string of the molecule is CC(C)CCn1c(Oc2cccc(Cl)c2)nc2c1c(=O)n(CCCO)c(=O)n2C. The van der Waals surface area contributed by atoms with Gasteiger partial charge in [0.15, 0.2) is 11.2 Å². The highest BCUT2D eigenvalue weighted by molar-refractivity contribution is 6.30. The second kappa shape index (κ2) is 8.84. The van der Waals surface area contributed by atoms with Crippen LogP contribution in [-0.4, -0.2) is 30.4 Å². The molecule has 0 saturated heterocycles. The van der Waals surface area contributed by atoms with Gasteiger partial charge in [0.1, 0.15) is 5.75 Å². The lowest BCUT2D eigenvalue weighted by Crippen LogP contribution is -2.39. The number of ether oxygens (including phenoxy) is 1. The zero-order valence-electron chi connectivity index (χ0n) is 16.8. The number of rotatable bonds is 8. The van der Waals surface area contributed by atoms with Crippen molar-refractivity contribution in [3.63, 3.8) is 0 Å². The van der Waals surface area contributed by atoms with Gasteiger partial charge < -0.3 is 9.84 Å². The molecule has 9 heteroatoms. The highest BCUT2D eigenvalue weighted by Crippen LogP contribution is 2.26. The molecule has 1 aromatic carbocycles. The minimum Gasteiger partial charge on any atom is -0.425 e. The van der Waals surface area contributed by atoms with Gasteiger partial charge in [0.05, 0.1) is 0 Å². The number of hydrogen-bond donors (Lipinski definition) is 1. The molecular formula is C20H25ClN4O4. The minimum atomic E-state index is -0.473. The third-order valence-corrected chi connectivity index (χ3v) is 4.91. The van der Waals surface area contributed by atoms with Gasteiger partial charge in [-0.3, -0.25) is 18.5 Å². The molecule has 3 aromatic rings. The van der Waals surface area contributed by atoms with Gasteiger partial charge in [-0.25, -0.2) is 4.79 Å². The number of aliphatic hydroxyl groups excluding tert-OH is 1. The number of aromatic nitrogens is 4. The lowest BCUT2D eigenvalue weighted by atomic mass is 10.1. The summed E-state index contributed by atoms with van der Waals surface area (Å²) in [5.74, 6) is 0.889. The van der Waals surface area contributed by atoms with Crippen LogP contribution in [-0.2, 0) is 20.1 Å². The molecule has 1 N–H and O–H groups in total. The van der Waals surface area contributed by atoms with Crippen molar-refractivity contribution >= 4 is 22.8 Å². The topological polar surface area (TPSA) is 91.3 Å². The van der Waals surface area contributed by atoms with Crippen LogP contribution in [0.2, 0.25) is 5.02 Å². The Bertz CT molecular complexity index is 1130. The van der Waals surface area contributed by atoms with Crippen molar-refractivity contribution in [1.29, 1.82) is 0 Å². The first-order chi connectivity index (χ1) is 13.8. The molecule has 0 spiro atoms. The Morgan fingerprint density at radius 3 is 2.62 bits per heavy atom. The summed E-state index contributed by atoms with van der Waals surface area (Å²) in [5.41, 5.74) is -0.337. The molecule has 29 heavy (non-hydrogen) atoms. The normalized spacial score (nSPS) is 11.5. The smallest absolute Gasteiger partial charge is 0.332 e. The summed E-state index contributed by atoms with van der Waals surface area (Å²) in [6.07, 6.45) is 1.11. The molecule has 8 nitrogen and oxygen atoms in total. The first-order valence-electron chi connectivity index (χ1n) is 9.57. The number of halogens is 1. The molecule has 0 unspecified atom stereocenters. The Kier molecular flexibility index (Phi) is 6.44. The molecule has 0 aliphatic heterocycles. The molecule has 2 aromatic heterocycles. The fourth-order valence-corrected chi connectivity index (χ4v) is 3.27. The standard InChI is InChI=1S/C20H25ClN4O4/c1-13(2)8-10-24-16-17(22-19(24)29-15-7-4-6-14(21)12-15)23(3)20(28)25(18(16)27)9-5-11-26/h4,6-7,12-13,26H,5,8-11H2,1-3H3. The average Bonchev–Trinajstić information content (AvgIpc) is 3.03. The van der Waals surface area contributed by atoms with Crippen LogP contribution in [0, 0.1) is 5.92 Å². The minimum absolute atomic E-state index is 0.108. The van der Waals surface area contributed by atoms with E-state index in [4.69, 9.17) is 21.4 Å². The third-order valence-electron chi connectivity index (χ3n) is 4.67. The predicted octanol–water partition coefficient (Wildman–Crippen LogP) is 2.77. The number of hydrogen-bond acceptors (Lipinski definition) is 5. The van der Waals surface area contributed by atoms with Gasteiger partial charge in [-0.05, 0) is 37.0 Å². The van der Waals surface area contributed by atoms with Crippen LogP contribution < -0.4 is 16.0 Å². The fourth-order valence-electron chi connectivity index (χ4n) is 3.09. The van der Waals surface area contributed by atoms with Crippen LogP contribution in [0.25, 0.3) is 11.2 Å². The second-order valence-corrected chi connectivity index (χ2v) is 7.77. The first kappa shape index (κ1) is 21.1. The molecule has 0 fully saturated rings. The van der Waals surface area contributed by atoms with Crippen molar-refractivity contribution in [3.8, 4) is 11.8 Å². The van der Waals surface area contributed by atoms with Crippen LogP contribution in [0.3, 0.4) is 0 Å². The first-order valence-corrected chi connectivity index (χ1v) is 9.95. The number of nitrogens with zero attached hydrogens (tertiary/aromatic N) is 4. The summed E-state index contributed by atoms with van der Waals surface area (Å²) in [7, 11) is 1.57. The number of fused-ring (bicyclic) bond motifs is 1. The van der Waals surface area contributed by atoms with Crippen molar-refractivity contribution in [1.82, 2.24) is 18.7 Å². The highest BCUT2D eigenvalue weighted by Gasteiger charge is 2.21. The summed E-state index contributed by atoms with van der Waals surface area (Å²) in [6.45, 7) is 4.72. The maximum Gasteiger partial charge on any atom is 0.332 e. The van der Waals surface area contributed by atoms with E-state index in [0.717, 1.165) is 11.0 Å². The molecule has 0 aliphatic rings. The number of aryl methyl sites for hydroxylation is 2. The van der Waals surface area contributed by atoms with Gasteiger partial charge in [-0.2, -0.15) is 4.98 Å². The van der Waals surface area contributed by atoms with Gasteiger partial charge >= 0.3 is 11.7 Å². The Labute approximate surface area is 172 Å². The Morgan fingerprint density at radius 2 is 1.97 bits per heavy atom. The van der Waals surface area contributed by atoms with Gasteiger partial charge in [0.25, 0.3) is 5.56 Å². The summed E-state index contributed by atoms with van der Waals surface area (Å²) in [5, 5.41) is 9.63. The third kappa shape index (κ3) is 4.38. The van der Waals surface area contributed by atoms with Crippen LogP contribution >= 0.6 is 11.6 Å². The molecule has 0 radical (unpaired) electrons. The largest absolute Gasteiger partial charge is 0.425 e. The number of benzene rings is 1. The van der Waals surface area contributed by atoms with Crippen molar-refractivity contribution in [2.24, 2.45) is 13.0 Å². The Balaban J connectivity index is 2.21. The molecule has 0 aliphatic carbocycles. The number of aliphatic hydroxyl groups is 1. The van der Waals surface area contributed by atoms with Crippen LogP contribution in [0.5, 0.6) is 11.8 Å². The number of imidazole rings is 1. The van der Waals surface area contributed by atoms with E-state index in [2.05, 4.69) is 18.8 Å². The zero-order valence-corrected chi connectivity index (χ0v) is 17.5. The molecule has 0 saturated carbocycles. The predicted molar refractivity (Wildman–Crippen MR) is 112 cm³/mol. The Morgan fingerprint density at radius 1 is 1.21 bits per heavy atom. The van der Waals surface area contributed by atoms with Crippen LogP contribution in [0.4, 0.5) is 0 Å². The van der Waals surface area contributed by atoms with Crippen molar-refractivity contribution < 1.29 is 9.84 Å². The lowest BCUT2D eigenvalue weighted by molar-refractivity contribution is 0.277. The van der Waals surface area contributed by atoms with E-state index in [1.165, 1.54) is 4.57 Å². The van der Waals surface area contributed by atoms with E-state index in [1.54, 1.807) is 35.9 Å². The van der Waals surface area contributed by atoms with E-state index in [9.17, 15) is 9.59 Å². The van der Waals surface area contributed by atoms with E-state index in [1.807, 2.05) is 0 Å². The average molecular weight is 421 g/mol. The van der Waals surface area contributed by atoms with E-state index in [-0.39, 0.29) is 24.8 Å². The van der Waals surface area contributed by atoms with E-state index < -0.39 is 11.2 Å². The van der Waals surface area contributed by atoms with E-state index >= 15 is 0 Å². The van der Waals surface area contributed by atoms with Gasteiger partial charge in [-0.1, -0.05) is 31.5 Å². The van der Waals surface area contributed by atoms with Crippen molar-refractivity contribution in [3.05, 3.63) is 50.1 Å². The molecule has 3 rings (SSSR count). The molecule has 2 heterocycles. The summed E-state index contributed by atoms with van der Waals surface area (Å²) >= 11 is 6.05. The van der Waals surface area contributed by atoms with Crippen molar-refractivity contribution in [2.75, 3.05) is 6.61 Å². The van der Waals surface area contributed by atoms with Crippen LogP contribution in [0.1, 0.15) is 26.7 Å². The van der Waals surface area contributed by atoms with Gasteiger partial charge in [0.2, 0.25) is 0 Å². The maximum absolute atomic E-state index is 13.1. The Hall–Kier alpha value is -2.58. The van der Waals surface area contributed by atoms with Gasteiger partial charge in [-0.15, -0.1) is 0 Å². The maximum atomic E-state index is 13.1. The fraction of sp³-hybridized carbons (Fsp3) is 0.450. The van der Waals surface area contributed by atoms with Gasteiger partial charge in [0, 0.05) is 31.8 Å². The second-order valence-electron chi connectivity index (χ2n) is 7.34. The zero-order chi connectivity index (χ0) is 21.1. The summed E-state index contributed by atoms with van der Waals surface area (Å²) < 4.78 is 10.1.